The van der Waals surface area contributed by atoms with Gasteiger partial charge in [-0.2, -0.15) is 5.10 Å². The van der Waals surface area contributed by atoms with Crippen molar-refractivity contribution in [2.45, 2.75) is 25.8 Å². The number of nitrogens with zero attached hydrogens (tertiary/aromatic N) is 6. The highest BCUT2D eigenvalue weighted by Gasteiger charge is 2.41. The number of nitrogens with one attached hydrogen (secondary N) is 1. The molecule has 186 valence electrons. The van der Waals surface area contributed by atoms with Crippen LogP contribution >= 0.6 is 11.3 Å². The highest BCUT2D eigenvalue weighted by molar-refractivity contribution is 7.23. The number of ether oxygens (including phenoxy) is 2. The second-order valence-corrected chi connectivity index (χ2v) is 10.4. The molecule has 2 amide bonds. The van der Waals surface area contributed by atoms with Crippen LogP contribution in [0.3, 0.4) is 0 Å². The Morgan fingerprint density at radius 3 is 2.94 bits per heavy atom. The molecular weight excluding hydrogens is 478 g/mol. The molecule has 0 radical (unpaired) electrons. The topological polar surface area (TPSA) is 107 Å². The standard InChI is InChI=1S/C25H27N7O3S/c1-34-22-20-21(19(13-27-22)18-12-28-32(15-18)14-17-3-2-7-26-11-17)36-23(29-20)30-24(33)31-8-4-25(16-31)5-9-35-10-6-25/h2-3,7,11-13,15H,4-6,8-10,14,16H2,1H3,(H,29,30,33). The number of hydrogen-bond acceptors (Lipinski definition) is 8. The van der Waals surface area contributed by atoms with Crippen LogP contribution in [0, 0.1) is 5.41 Å². The van der Waals surface area contributed by atoms with Crippen molar-refractivity contribution in [2.75, 3.05) is 38.7 Å². The Labute approximate surface area is 212 Å². The minimum atomic E-state index is -0.116. The molecule has 10 nitrogen and oxygen atoms in total. The van der Waals surface area contributed by atoms with E-state index in [1.165, 1.54) is 11.3 Å². The van der Waals surface area contributed by atoms with Crippen molar-refractivity contribution in [1.29, 1.82) is 0 Å². The van der Waals surface area contributed by atoms with Gasteiger partial charge in [-0.1, -0.05) is 17.4 Å². The minimum Gasteiger partial charge on any atom is -0.479 e. The number of hydrogen-bond donors (Lipinski definition) is 1. The molecule has 0 aromatic carbocycles. The first-order chi connectivity index (χ1) is 17.6. The lowest BCUT2D eigenvalue weighted by Crippen LogP contribution is -2.37. The van der Waals surface area contributed by atoms with Crippen LogP contribution in [-0.4, -0.2) is 69.1 Å². The maximum atomic E-state index is 13.1. The monoisotopic (exact) mass is 505 g/mol. The number of anilines is 1. The van der Waals surface area contributed by atoms with Gasteiger partial charge < -0.3 is 14.4 Å². The molecule has 4 aromatic rings. The van der Waals surface area contributed by atoms with Gasteiger partial charge in [-0.3, -0.25) is 15.0 Å². The number of urea groups is 1. The summed E-state index contributed by atoms with van der Waals surface area (Å²) in [7, 11) is 1.57. The maximum Gasteiger partial charge on any atom is 0.323 e. The van der Waals surface area contributed by atoms with Crippen molar-refractivity contribution in [3.63, 3.8) is 0 Å². The van der Waals surface area contributed by atoms with E-state index >= 15 is 0 Å². The van der Waals surface area contributed by atoms with Gasteiger partial charge in [0.15, 0.2) is 5.13 Å². The molecule has 6 heterocycles. The summed E-state index contributed by atoms with van der Waals surface area (Å²) < 4.78 is 13.8. The largest absolute Gasteiger partial charge is 0.479 e. The molecular formula is C25H27N7O3S. The van der Waals surface area contributed by atoms with E-state index in [1.54, 1.807) is 19.5 Å². The Morgan fingerprint density at radius 2 is 2.14 bits per heavy atom. The van der Waals surface area contributed by atoms with Crippen LogP contribution in [0.2, 0.25) is 0 Å². The normalized spacial score (nSPS) is 17.1. The first-order valence-electron chi connectivity index (χ1n) is 12.0. The Bertz CT molecular complexity index is 1380. The first-order valence-corrected chi connectivity index (χ1v) is 12.8. The lowest BCUT2D eigenvalue weighted by Gasteiger charge is -2.33. The summed E-state index contributed by atoms with van der Waals surface area (Å²) in [6, 6.07) is 3.81. The van der Waals surface area contributed by atoms with Gasteiger partial charge in [0.05, 0.1) is 24.6 Å². The Morgan fingerprint density at radius 1 is 1.25 bits per heavy atom. The van der Waals surface area contributed by atoms with Crippen molar-refractivity contribution in [1.82, 2.24) is 29.6 Å². The third kappa shape index (κ3) is 4.40. The lowest BCUT2D eigenvalue weighted by atomic mass is 9.80. The quantitative estimate of drug-likeness (QED) is 0.436. The molecule has 0 atom stereocenters. The highest BCUT2D eigenvalue weighted by atomic mass is 32.1. The second-order valence-electron chi connectivity index (χ2n) is 9.38. The van der Waals surface area contributed by atoms with E-state index in [9.17, 15) is 4.79 Å². The predicted molar refractivity (Wildman–Crippen MR) is 136 cm³/mol. The van der Waals surface area contributed by atoms with Gasteiger partial charge in [-0.15, -0.1) is 0 Å². The number of aromatic nitrogens is 5. The fraction of sp³-hybridized carbons (Fsp3) is 0.400. The van der Waals surface area contributed by atoms with Gasteiger partial charge in [0.2, 0.25) is 5.88 Å². The minimum absolute atomic E-state index is 0.116. The van der Waals surface area contributed by atoms with E-state index in [0.29, 0.717) is 23.1 Å². The fourth-order valence-electron chi connectivity index (χ4n) is 5.06. The number of fused-ring (bicyclic) bond motifs is 1. The first kappa shape index (κ1) is 22.9. The average molecular weight is 506 g/mol. The molecule has 1 spiro atoms. The van der Waals surface area contributed by atoms with Crippen LogP contribution in [0.1, 0.15) is 24.8 Å². The van der Waals surface area contributed by atoms with Crippen molar-refractivity contribution < 1.29 is 14.3 Å². The van der Waals surface area contributed by atoms with Crippen LogP contribution < -0.4 is 10.1 Å². The van der Waals surface area contributed by atoms with E-state index in [1.807, 2.05) is 40.3 Å². The van der Waals surface area contributed by atoms with Crippen molar-refractivity contribution in [3.05, 3.63) is 48.7 Å². The number of likely N-dealkylation sites (tertiary alicyclic amines) is 1. The summed E-state index contributed by atoms with van der Waals surface area (Å²) in [6.45, 7) is 3.69. The number of carbonyl (C=O) groups excluding carboxylic acids is 1. The zero-order valence-corrected chi connectivity index (χ0v) is 20.8. The molecule has 11 heteroatoms. The second kappa shape index (κ2) is 9.47. The molecule has 0 aliphatic carbocycles. The molecule has 2 aliphatic rings. The van der Waals surface area contributed by atoms with Gasteiger partial charge in [-0.05, 0) is 36.3 Å². The third-order valence-corrected chi connectivity index (χ3v) is 8.09. The summed E-state index contributed by atoms with van der Waals surface area (Å²) in [6.07, 6.45) is 12.2. The zero-order valence-electron chi connectivity index (χ0n) is 20.0. The van der Waals surface area contributed by atoms with E-state index in [0.717, 1.165) is 67.0 Å². The third-order valence-electron chi connectivity index (χ3n) is 7.08. The van der Waals surface area contributed by atoms with E-state index in [4.69, 9.17) is 9.47 Å². The number of methoxy groups -OCH3 is 1. The summed E-state index contributed by atoms with van der Waals surface area (Å²) in [4.78, 5) is 28.3. The molecule has 1 N–H and O–H groups in total. The van der Waals surface area contributed by atoms with Crippen molar-refractivity contribution in [3.8, 4) is 17.0 Å². The van der Waals surface area contributed by atoms with Crippen LogP contribution in [0.15, 0.2) is 43.1 Å². The summed E-state index contributed by atoms with van der Waals surface area (Å²) in [5.74, 6) is 0.426. The van der Waals surface area contributed by atoms with Crippen molar-refractivity contribution >= 4 is 32.7 Å². The van der Waals surface area contributed by atoms with Crippen molar-refractivity contribution in [2.24, 2.45) is 5.41 Å². The average Bonchev–Trinajstić information content (AvgIpc) is 3.64. The van der Waals surface area contributed by atoms with Gasteiger partial charge >= 0.3 is 6.03 Å². The number of carbonyl (C=O) groups is 1. The number of rotatable bonds is 5. The van der Waals surface area contributed by atoms with Gasteiger partial charge in [0, 0.05) is 62.2 Å². The Hall–Kier alpha value is -3.57. The maximum absolute atomic E-state index is 13.1. The summed E-state index contributed by atoms with van der Waals surface area (Å²) in [5, 5.41) is 8.06. The molecule has 0 saturated carbocycles. The number of amides is 2. The van der Waals surface area contributed by atoms with Crippen LogP contribution in [0.4, 0.5) is 9.93 Å². The van der Waals surface area contributed by atoms with Gasteiger partial charge in [-0.25, -0.2) is 14.8 Å². The summed E-state index contributed by atoms with van der Waals surface area (Å²) in [5.41, 5.74) is 3.69. The Kier molecular flexibility index (Phi) is 6.02. The number of thiazole rings is 1. The van der Waals surface area contributed by atoms with Gasteiger partial charge in [0.25, 0.3) is 0 Å². The highest BCUT2D eigenvalue weighted by Crippen LogP contribution is 2.41. The lowest BCUT2D eigenvalue weighted by molar-refractivity contribution is 0.0211. The number of pyridine rings is 2. The molecule has 4 aromatic heterocycles. The molecule has 0 unspecified atom stereocenters. The summed E-state index contributed by atoms with van der Waals surface area (Å²) >= 11 is 1.42. The van der Waals surface area contributed by atoms with Gasteiger partial charge in [0.1, 0.15) is 5.52 Å². The molecule has 36 heavy (non-hydrogen) atoms. The molecule has 0 bridgehead atoms. The molecule has 2 fully saturated rings. The Balaban J connectivity index is 1.24. The van der Waals surface area contributed by atoms with Crippen LogP contribution in [0.25, 0.3) is 21.3 Å². The van der Waals surface area contributed by atoms with E-state index in [-0.39, 0.29) is 11.4 Å². The molecule has 6 rings (SSSR count). The predicted octanol–water partition coefficient (Wildman–Crippen LogP) is 4.04. The van der Waals surface area contributed by atoms with Crippen LogP contribution in [0.5, 0.6) is 5.88 Å². The van der Waals surface area contributed by atoms with E-state index < -0.39 is 0 Å². The molecule has 2 saturated heterocycles. The molecule has 2 aliphatic heterocycles. The zero-order chi connectivity index (χ0) is 24.5. The smallest absolute Gasteiger partial charge is 0.323 e. The fourth-order valence-corrected chi connectivity index (χ4v) is 6.04. The van der Waals surface area contributed by atoms with E-state index in [2.05, 4.69) is 25.4 Å². The van der Waals surface area contributed by atoms with Crippen LogP contribution in [-0.2, 0) is 11.3 Å². The SMILES string of the molecule is COc1ncc(-c2cnn(Cc3cccnc3)c2)c2sc(NC(=O)N3CCC4(CCOCC4)C3)nc12.